The zero-order valence-electron chi connectivity index (χ0n) is 44.1. The monoisotopic (exact) mass is 1010 g/mol. The molecular weight excluding hydrogens is 953 g/mol. The van der Waals surface area contributed by atoms with Crippen molar-refractivity contribution in [2.45, 2.75) is 6.92 Å². The molecule has 0 unspecified atom stereocenters. The van der Waals surface area contributed by atoms with Crippen LogP contribution >= 0.6 is 0 Å². The van der Waals surface area contributed by atoms with E-state index in [1.807, 2.05) is 12.2 Å². The van der Waals surface area contributed by atoms with E-state index in [9.17, 15) is 0 Å². The number of anilines is 6. The molecule has 0 aliphatic rings. The molecule has 0 aliphatic carbocycles. The minimum absolute atomic E-state index is 0.939. The van der Waals surface area contributed by atoms with Crippen LogP contribution in [0.4, 0.5) is 34.1 Å². The summed E-state index contributed by atoms with van der Waals surface area (Å²) in [6.45, 7) is 10.3. The summed E-state index contributed by atoms with van der Waals surface area (Å²) in [6.07, 6.45) is 5.70. The van der Waals surface area contributed by atoms with Gasteiger partial charge < -0.3 is 9.80 Å². The fourth-order valence-corrected chi connectivity index (χ4v) is 11.5. The highest BCUT2D eigenvalue weighted by Gasteiger charge is 2.23. The van der Waals surface area contributed by atoms with Gasteiger partial charge >= 0.3 is 0 Å². The zero-order valence-corrected chi connectivity index (χ0v) is 44.1. The first-order valence-corrected chi connectivity index (χ1v) is 27.0. The lowest BCUT2D eigenvalue weighted by Crippen LogP contribution is -2.10. The molecule has 0 saturated carbocycles. The van der Waals surface area contributed by atoms with Crippen molar-refractivity contribution in [1.82, 2.24) is 0 Å². The van der Waals surface area contributed by atoms with Crippen LogP contribution in [-0.4, -0.2) is 0 Å². The number of benzene rings is 13. The molecule has 79 heavy (non-hydrogen) atoms. The summed E-state index contributed by atoms with van der Waals surface area (Å²) < 4.78 is 0. The fourth-order valence-electron chi connectivity index (χ4n) is 11.5. The topological polar surface area (TPSA) is 6.48 Å². The first kappa shape index (κ1) is 48.4. The number of rotatable bonds is 13. The van der Waals surface area contributed by atoms with Crippen LogP contribution in [0.5, 0.6) is 0 Å². The number of hydrogen-bond donors (Lipinski definition) is 0. The standard InChI is InChI=1S/C77H56N2/c1-4-5-18-54(3)55-29-39-65(40-30-55)78(64-37-27-53(2)28-38-64)68-45-49-70-62(51-68)35-47-72-75(61-25-16-9-17-26-61)77-71-50-46-69(52-63(71)36-48-73(77)74(76(70)72)60-23-14-8-15-24-60)79(66-41-31-58(32-42-66)56-19-10-6-11-20-56)67-43-33-59(34-44-67)57-21-12-7-13-22-57/h4-52H,1,3H2,2H3. The average Bonchev–Trinajstić information content (AvgIpc) is 3.70. The number of aryl methyl sites for hydroxylation is 1. The van der Waals surface area contributed by atoms with Crippen molar-refractivity contribution in [2.24, 2.45) is 0 Å². The van der Waals surface area contributed by atoms with Crippen molar-refractivity contribution in [1.29, 1.82) is 0 Å². The first-order valence-electron chi connectivity index (χ1n) is 27.0. The molecule has 0 N–H and O–H groups in total. The van der Waals surface area contributed by atoms with Gasteiger partial charge in [0.15, 0.2) is 0 Å². The maximum atomic E-state index is 4.31. The molecule has 0 aromatic heterocycles. The lowest BCUT2D eigenvalue weighted by atomic mass is 9.82. The Morgan fingerprint density at radius 1 is 0.329 bits per heavy atom. The van der Waals surface area contributed by atoms with Gasteiger partial charge in [-0.1, -0.05) is 243 Å². The molecule has 0 atom stereocenters. The molecule has 2 heteroatoms. The van der Waals surface area contributed by atoms with Crippen molar-refractivity contribution in [2.75, 3.05) is 9.80 Å². The normalized spacial score (nSPS) is 11.4. The lowest BCUT2D eigenvalue weighted by Gasteiger charge is -2.27. The maximum Gasteiger partial charge on any atom is 0.0468 e. The molecule has 0 radical (unpaired) electrons. The lowest BCUT2D eigenvalue weighted by molar-refractivity contribution is 1.28. The number of hydrogen-bond acceptors (Lipinski definition) is 2. The molecule has 2 nitrogen and oxygen atoms in total. The number of nitrogens with zero attached hydrogens (tertiary/aromatic N) is 2. The van der Waals surface area contributed by atoms with Gasteiger partial charge in [0.2, 0.25) is 0 Å². The second-order valence-electron chi connectivity index (χ2n) is 20.3. The van der Waals surface area contributed by atoms with Crippen LogP contribution in [0.25, 0.3) is 93.2 Å². The summed E-state index contributed by atoms with van der Waals surface area (Å²) in [4.78, 5) is 4.74. The zero-order chi connectivity index (χ0) is 53.2. The molecule has 0 saturated heterocycles. The van der Waals surface area contributed by atoms with Crippen LogP contribution in [0, 0.1) is 6.92 Å². The van der Waals surface area contributed by atoms with Crippen LogP contribution in [0.1, 0.15) is 11.1 Å². The van der Waals surface area contributed by atoms with Crippen LogP contribution < -0.4 is 9.80 Å². The highest BCUT2D eigenvalue weighted by atomic mass is 15.1. The van der Waals surface area contributed by atoms with Gasteiger partial charge in [-0.15, -0.1) is 0 Å². The van der Waals surface area contributed by atoms with E-state index in [2.05, 4.69) is 309 Å². The van der Waals surface area contributed by atoms with E-state index in [0.717, 1.165) is 50.6 Å². The highest BCUT2D eigenvalue weighted by Crippen LogP contribution is 2.50. The molecule has 0 fully saturated rings. The SMILES string of the molecule is C=CC=CC(=C)c1ccc(N(c2ccc(C)cc2)c2ccc3c(ccc4c(-c5ccccc5)c5c(ccc6cc(N(c7ccc(-c8ccccc8)cc7)c7ccc(-c8ccccc8)cc7)ccc65)c(-c5ccccc5)c43)c2)cc1. The van der Waals surface area contributed by atoms with Gasteiger partial charge in [0, 0.05) is 34.1 Å². The molecule has 13 aromatic carbocycles. The van der Waals surface area contributed by atoms with Gasteiger partial charge in [0.05, 0.1) is 0 Å². The Morgan fingerprint density at radius 2 is 0.658 bits per heavy atom. The first-order chi connectivity index (χ1) is 39.0. The van der Waals surface area contributed by atoms with Crippen LogP contribution in [0.2, 0.25) is 0 Å². The Bertz CT molecular complexity index is 4310. The number of fused-ring (bicyclic) bond motifs is 6. The van der Waals surface area contributed by atoms with Gasteiger partial charge in [-0.25, -0.2) is 0 Å². The van der Waals surface area contributed by atoms with Crippen molar-refractivity contribution < 1.29 is 0 Å². The molecule has 0 aliphatic heterocycles. The van der Waals surface area contributed by atoms with E-state index in [4.69, 9.17) is 0 Å². The van der Waals surface area contributed by atoms with Crippen molar-refractivity contribution in [3.8, 4) is 44.5 Å². The molecule has 0 spiro atoms. The van der Waals surface area contributed by atoms with Crippen LogP contribution in [0.3, 0.4) is 0 Å². The summed E-state index contributed by atoms with van der Waals surface area (Å²) in [5, 5.41) is 9.63. The van der Waals surface area contributed by atoms with Crippen LogP contribution in [0.15, 0.2) is 310 Å². The maximum absolute atomic E-state index is 4.31. The largest absolute Gasteiger partial charge is 0.310 e. The van der Waals surface area contributed by atoms with Gasteiger partial charge in [-0.05, 0) is 178 Å². The summed E-state index contributed by atoms with van der Waals surface area (Å²) >= 11 is 0. The Labute approximate surface area is 463 Å². The van der Waals surface area contributed by atoms with Gasteiger partial charge in [0.25, 0.3) is 0 Å². The molecule has 374 valence electrons. The molecule has 13 rings (SSSR count). The minimum Gasteiger partial charge on any atom is -0.310 e. The Balaban J connectivity index is 1.01. The van der Waals surface area contributed by atoms with E-state index < -0.39 is 0 Å². The fraction of sp³-hybridized carbons (Fsp3) is 0.0130. The van der Waals surface area contributed by atoms with E-state index >= 15 is 0 Å². The molecule has 0 bridgehead atoms. The number of allylic oxidation sites excluding steroid dienone is 4. The summed E-state index contributed by atoms with van der Waals surface area (Å²) in [5.74, 6) is 0. The third kappa shape index (κ3) is 9.26. The molecule has 0 heterocycles. The Kier molecular flexibility index (Phi) is 12.9. The van der Waals surface area contributed by atoms with Crippen LogP contribution in [-0.2, 0) is 0 Å². The van der Waals surface area contributed by atoms with Gasteiger partial charge in [-0.3, -0.25) is 0 Å². The predicted octanol–water partition coefficient (Wildman–Crippen LogP) is 22.0. The summed E-state index contributed by atoms with van der Waals surface area (Å²) in [6, 6.07) is 102. The Hall–Kier alpha value is -10.3. The van der Waals surface area contributed by atoms with E-state index in [1.54, 1.807) is 6.08 Å². The van der Waals surface area contributed by atoms with E-state index in [1.165, 1.54) is 87.8 Å². The smallest absolute Gasteiger partial charge is 0.0468 e. The van der Waals surface area contributed by atoms with E-state index in [-0.39, 0.29) is 0 Å². The quantitative estimate of drug-likeness (QED) is 0.0645. The second kappa shape index (κ2) is 21.0. The average molecular weight is 1010 g/mol. The molecule has 13 aromatic rings. The second-order valence-corrected chi connectivity index (χ2v) is 20.3. The van der Waals surface area contributed by atoms with Gasteiger partial charge in [-0.2, -0.15) is 0 Å². The van der Waals surface area contributed by atoms with E-state index in [0.29, 0.717) is 0 Å². The third-order valence-electron chi connectivity index (χ3n) is 15.4. The molecule has 0 amide bonds. The van der Waals surface area contributed by atoms with Crippen molar-refractivity contribution in [3.63, 3.8) is 0 Å². The van der Waals surface area contributed by atoms with Gasteiger partial charge in [0.1, 0.15) is 0 Å². The minimum atomic E-state index is 0.939. The third-order valence-corrected chi connectivity index (χ3v) is 15.4. The highest BCUT2D eigenvalue weighted by molar-refractivity contribution is 6.32. The summed E-state index contributed by atoms with van der Waals surface area (Å²) in [5.41, 5.74) is 19.3. The molecular formula is C77H56N2. The van der Waals surface area contributed by atoms with Crippen molar-refractivity contribution in [3.05, 3.63) is 322 Å². The van der Waals surface area contributed by atoms with Crippen molar-refractivity contribution >= 4 is 82.8 Å². The predicted molar refractivity (Wildman–Crippen MR) is 341 cm³/mol. The summed E-state index contributed by atoms with van der Waals surface area (Å²) in [7, 11) is 0. The Morgan fingerprint density at radius 3 is 1.05 bits per heavy atom.